The number of fused-ring (bicyclic) bond motifs is 5. The lowest BCUT2D eigenvalue weighted by atomic mass is 9.85. The van der Waals surface area contributed by atoms with Crippen molar-refractivity contribution in [2.45, 2.75) is 6.42 Å². The average Bonchev–Trinajstić information content (AvgIpc) is 3.33. The molecule has 1 aromatic rings. The number of benzene rings is 1. The van der Waals surface area contributed by atoms with Gasteiger partial charge >= 0.3 is 5.97 Å². The number of methoxy groups -OCH3 is 1. The highest BCUT2D eigenvalue weighted by Crippen LogP contribution is 2.52. The van der Waals surface area contributed by atoms with Gasteiger partial charge in [-0.1, -0.05) is 24.3 Å². The molecule has 2 bridgehead atoms. The van der Waals surface area contributed by atoms with Gasteiger partial charge in [0.15, 0.2) is 6.61 Å². The Morgan fingerprint density at radius 1 is 1.23 bits per heavy atom. The molecule has 1 aromatic carbocycles. The highest BCUT2D eigenvalue weighted by atomic mass is 16.6. The summed E-state index contributed by atoms with van der Waals surface area (Å²) in [6.07, 6.45) is 6.44. The normalized spacial score (nSPS) is 28.9. The van der Waals surface area contributed by atoms with Crippen molar-refractivity contribution >= 4 is 24.0 Å². The van der Waals surface area contributed by atoms with Crippen LogP contribution >= 0.6 is 0 Å². The summed E-state index contributed by atoms with van der Waals surface area (Å²) in [5, 5.41) is 5.12. The molecule has 1 saturated heterocycles. The molecule has 0 spiro atoms. The van der Waals surface area contributed by atoms with Gasteiger partial charge in [0.25, 0.3) is 11.8 Å². The number of ether oxygens (including phenoxy) is 2. The van der Waals surface area contributed by atoms with Crippen LogP contribution in [0.15, 0.2) is 41.5 Å². The number of esters is 1. The third-order valence-electron chi connectivity index (χ3n) is 5.21. The maximum absolute atomic E-state index is 12.6. The van der Waals surface area contributed by atoms with Crippen LogP contribution in [0, 0.1) is 23.7 Å². The minimum Gasteiger partial charge on any atom is -0.482 e. The van der Waals surface area contributed by atoms with Crippen LogP contribution in [0.1, 0.15) is 12.0 Å². The van der Waals surface area contributed by atoms with Gasteiger partial charge in [-0.15, -0.1) is 0 Å². The summed E-state index contributed by atoms with van der Waals surface area (Å²) in [5.41, 5.74) is 0.658. The minimum absolute atomic E-state index is 0.164. The monoisotopic (exact) mass is 354 g/mol. The van der Waals surface area contributed by atoms with Crippen molar-refractivity contribution in [3.63, 3.8) is 0 Å². The van der Waals surface area contributed by atoms with Crippen molar-refractivity contribution in [2.75, 3.05) is 13.7 Å². The third kappa shape index (κ3) is 2.69. The van der Waals surface area contributed by atoms with Crippen molar-refractivity contribution in [2.24, 2.45) is 28.8 Å². The molecular formula is C19H18N2O5. The van der Waals surface area contributed by atoms with Crippen molar-refractivity contribution in [1.82, 2.24) is 5.01 Å². The second-order valence-corrected chi connectivity index (χ2v) is 6.67. The van der Waals surface area contributed by atoms with Crippen molar-refractivity contribution in [1.29, 1.82) is 0 Å². The summed E-state index contributed by atoms with van der Waals surface area (Å²) in [6.45, 7) is -0.195. The topological polar surface area (TPSA) is 85.3 Å². The maximum atomic E-state index is 12.6. The Kier molecular flexibility index (Phi) is 4.06. The van der Waals surface area contributed by atoms with E-state index in [4.69, 9.17) is 4.74 Å². The molecule has 7 nitrogen and oxygen atoms in total. The van der Waals surface area contributed by atoms with E-state index in [1.165, 1.54) is 13.3 Å². The van der Waals surface area contributed by atoms with Crippen LogP contribution < -0.4 is 4.74 Å². The SMILES string of the molecule is COC(=O)COc1cccc(C=NN2C(=O)C3C4C=CC(C4)C3C2=O)c1. The largest absolute Gasteiger partial charge is 0.482 e. The third-order valence-corrected chi connectivity index (χ3v) is 5.21. The van der Waals surface area contributed by atoms with Gasteiger partial charge in [0.05, 0.1) is 25.2 Å². The molecule has 0 radical (unpaired) electrons. The molecule has 2 amide bonds. The molecule has 0 N–H and O–H groups in total. The zero-order chi connectivity index (χ0) is 18.3. The number of hydrazone groups is 1. The van der Waals surface area contributed by atoms with E-state index in [0.29, 0.717) is 11.3 Å². The Hall–Kier alpha value is -2.96. The highest BCUT2D eigenvalue weighted by Gasteiger charge is 2.59. The molecule has 0 aromatic heterocycles. The fourth-order valence-corrected chi connectivity index (χ4v) is 4.01. The first-order chi connectivity index (χ1) is 12.6. The molecular weight excluding hydrogens is 336 g/mol. The van der Waals surface area contributed by atoms with Crippen molar-refractivity contribution in [3.8, 4) is 5.75 Å². The Labute approximate surface area is 150 Å². The number of imide groups is 1. The van der Waals surface area contributed by atoms with Gasteiger partial charge < -0.3 is 9.47 Å². The number of carbonyl (C=O) groups is 3. The number of allylic oxidation sites excluding steroid dienone is 2. The Morgan fingerprint density at radius 3 is 2.58 bits per heavy atom. The lowest BCUT2D eigenvalue weighted by Gasteiger charge is -2.13. The summed E-state index contributed by atoms with van der Waals surface area (Å²) in [7, 11) is 1.29. The molecule has 4 atom stereocenters. The second kappa shape index (κ2) is 6.40. The second-order valence-electron chi connectivity index (χ2n) is 6.67. The average molecular weight is 354 g/mol. The molecule has 134 valence electrons. The Morgan fingerprint density at radius 2 is 1.92 bits per heavy atom. The first kappa shape index (κ1) is 16.5. The number of hydrogen-bond acceptors (Lipinski definition) is 6. The zero-order valence-corrected chi connectivity index (χ0v) is 14.2. The fraction of sp³-hybridized carbons (Fsp3) is 0.368. The van der Waals surface area contributed by atoms with Crippen LogP contribution in [0.25, 0.3) is 0 Å². The molecule has 1 saturated carbocycles. The van der Waals surface area contributed by atoms with Crippen molar-refractivity contribution < 1.29 is 23.9 Å². The van der Waals surface area contributed by atoms with Gasteiger partial charge in [0, 0.05) is 0 Å². The standard InChI is InChI=1S/C19H18N2O5/c1-25-15(22)10-26-14-4-2-3-11(7-14)9-20-21-18(23)16-12-5-6-13(8-12)17(16)19(21)24/h2-7,9,12-13,16-17H,8,10H2,1H3. The number of amides is 2. The summed E-state index contributed by atoms with van der Waals surface area (Å²) in [4.78, 5) is 36.3. The van der Waals surface area contributed by atoms with E-state index in [2.05, 4.69) is 9.84 Å². The van der Waals surface area contributed by atoms with Gasteiger partial charge in [0.2, 0.25) is 0 Å². The minimum atomic E-state index is -0.480. The number of carbonyl (C=O) groups excluding carboxylic acids is 3. The van der Waals surface area contributed by atoms with Crippen LogP contribution in [-0.2, 0) is 19.1 Å². The highest BCUT2D eigenvalue weighted by molar-refractivity contribution is 6.06. The fourth-order valence-electron chi connectivity index (χ4n) is 4.01. The summed E-state index contributed by atoms with van der Waals surface area (Å²) >= 11 is 0. The van der Waals surface area contributed by atoms with E-state index in [-0.39, 0.29) is 42.1 Å². The number of rotatable bonds is 5. The molecule has 1 aliphatic heterocycles. The van der Waals surface area contributed by atoms with Crippen LogP contribution in [0.4, 0.5) is 0 Å². The van der Waals surface area contributed by atoms with Crippen LogP contribution in [-0.4, -0.2) is 42.7 Å². The van der Waals surface area contributed by atoms with E-state index in [1.807, 2.05) is 12.2 Å². The van der Waals surface area contributed by atoms with Gasteiger partial charge in [-0.2, -0.15) is 10.1 Å². The van der Waals surface area contributed by atoms with Gasteiger partial charge in [-0.25, -0.2) is 4.79 Å². The smallest absolute Gasteiger partial charge is 0.343 e. The molecule has 2 aliphatic carbocycles. The Balaban J connectivity index is 1.46. The number of nitrogens with zero attached hydrogens (tertiary/aromatic N) is 2. The Bertz CT molecular complexity index is 801. The first-order valence-corrected chi connectivity index (χ1v) is 8.48. The maximum Gasteiger partial charge on any atom is 0.343 e. The lowest BCUT2D eigenvalue weighted by Crippen LogP contribution is -2.28. The van der Waals surface area contributed by atoms with Crippen molar-refractivity contribution in [3.05, 3.63) is 42.0 Å². The van der Waals surface area contributed by atoms with Gasteiger partial charge in [0.1, 0.15) is 5.75 Å². The zero-order valence-electron chi connectivity index (χ0n) is 14.2. The van der Waals surface area contributed by atoms with Crippen LogP contribution in [0.2, 0.25) is 0 Å². The van der Waals surface area contributed by atoms with Crippen LogP contribution in [0.5, 0.6) is 5.75 Å². The van der Waals surface area contributed by atoms with E-state index < -0.39 is 5.97 Å². The van der Waals surface area contributed by atoms with Crippen LogP contribution in [0.3, 0.4) is 0 Å². The molecule has 4 unspecified atom stereocenters. The van der Waals surface area contributed by atoms with E-state index in [1.54, 1.807) is 24.3 Å². The van der Waals surface area contributed by atoms with Gasteiger partial charge in [-0.3, -0.25) is 9.59 Å². The van der Waals surface area contributed by atoms with E-state index >= 15 is 0 Å². The molecule has 1 heterocycles. The van der Waals surface area contributed by atoms with E-state index in [0.717, 1.165) is 11.4 Å². The van der Waals surface area contributed by atoms with Gasteiger partial charge in [-0.05, 0) is 36.0 Å². The molecule has 26 heavy (non-hydrogen) atoms. The first-order valence-electron chi connectivity index (χ1n) is 8.48. The summed E-state index contributed by atoms with van der Waals surface area (Å²) < 4.78 is 9.84. The lowest BCUT2D eigenvalue weighted by molar-refractivity contribution is -0.143. The number of hydrogen-bond donors (Lipinski definition) is 0. The summed E-state index contributed by atoms with van der Waals surface area (Å²) in [5.74, 6) is -0.635. The predicted octanol–water partition coefficient (Wildman–Crippen LogP) is 1.38. The molecule has 2 fully saturated rings. The quantitative estimate of drug-likeness (QED) is 0.345. The molecule has 3 aliphatic rings. The molecule has 7 heteroatoms. The summed E-state index contributed by atoms with van der Waals surface area (Å²) in [6, 6.07) is 6.87. The predicted molar refractivity (Wildman–Crippen MR) is 91.1 cm³/mol. The molecule has 4 rings (SSSR count). The van der Waals surface area contributed by atoms with E-state index in [9.17, 15) is 14.4 Å².